The zero-order valence-electron chi connectivity index (χ0n) is 10.9. The molecule has 7 unspecified atom stereocenters. The maximum Gasteiger partial charge on any atom is 0.488 e. The van der Waals surface area contributed by atoms with Crippen LogP contribution in [0.2, 0.25) is 0 Å². The number of rotatable bonds is 0. The molecule has 2 heterocycles. The van der Waals surface area contributed by atoms with E-state index in [1.165, 1.54) is 0 Å². The standard InChI is InChI=1S/C14H16O6/c15-11-7-1-5-2-9-10(14(18)20-13(9)17)4-6(5)3-8(7)12(16)19-11/h5-11,15H,1-4H2/p+1. The summed E-state index contributed by atoms with van der Waals surface area (Å²) in [7, 11) is 0. The fourth-order valence-corrected chi connectivity index (χ4v) is 4.63. The second-order valence-corrected chi connectivity index (χ2v) is 6.53. The average Bonchev–Trinajstić information content (AvgIpc) is 2.84. The van der Waals surface area contributed by atoms with Gasteiger partial charge in [0.1, 0.15) is 5.92 Å². The van der Waals surface area contributed by atoms with Gasteiger partial charge in [-0.25, -0.2) is 0 Å². The molecule has 4 rings (SSSR count). The van der Waals surface area contributed by atoms with E-state index in [-0.39, 0.29) is 35.6 Å². The molecule has 0 radical (unpaired) electrons. The van der Waals surface area contributed by atoms with Crippen LogP contribution < -0.4 is 0 Å². The maximum absolute atomic E-state index is 11.7. The number of aliphatic hydroxyl groups excluding tert-OH is 1. The molecule has 0 aromatic heterocycles. The summed E-state index contributed by atoms with van der Waals surface area (Å²) in [6.45, 7) is 0. The summed E-state index contributed by atoms with van der Waals surface area (Å²) in [5.41, 5.74) is 0. The number of aliphatic hydroxyl groups is 1. The third-order valence-corrected chi connectivity index (χ3v) is 5.65. The Bertz CT molecular complexity index is 500. The highest BCUT2D eigenvalue weighted by Crippen LogP contribution is 2.53. The van der Waals surface area contributed by atoms with Crippen molar-refractivity contribution < 1.29 is 29.0 Å². The van der Waals surface area contributed by atoms with Crippen molar-refractivity contribution in [3.63, 3.8) is 0 Å². The summed E-state index contributed by atoms with van der Waals surface area (Å²) >= 11 is 0. The van der Waals surface area contributed by atoms with Crippen LogP contribution in [0.25, 0.3) is 0 Å². The van der Waals surface area contributed by atoms with E-state index >= 15 is 0 Å². The number of hydrogen-bond acceptors (Lipinski definition) is 5. The van der Waals surface area contributed by atoms with E-state index in [1.807, 2.05) is 0 Å². The first-order valence-electron chi connectivity index (χ1n) is 7.20. The molecular formula is C14H17O6+. The van der Waals surface area contributed by atoms with Crippen LogP contribution in [-0.2, 0) is 19.1 Å². The largest absolute Gasteiger partial charge is 0.488 e. The number of ether oxygens (including phenoxy) is 2. The highest BCUT2D eigenvalue weighted by Gasteiger charge is 2.59. The summed E-state index contributed by atoms with van der Waals surface area (Å²) in [5.74, 6) is -1.14. The molecule has 0 spiro atoms. The van der Waals surface area contributed by atoms with Crippen molar-refractivity contribution in [1.29, 1.82) is 0 Å². The van der Waals surface area contributed by atoms with Crippen molar-refractivity contribution in [2.24, 2.45) is 35.5 Å². The highest BCUT2D eigenvalue weighted by molar-refractivity contribution is 5.96. The van der Waals surface area contributed by atoms with Crippen LogP contribution >= 0.6 is 0 Å². The van der Waals surface area contributed by atoms with Crippen molar-refractivity contribution in [1.82, 2.24) is 0 Å². The van der Waals surface area contributed by atoms with E-state index in [2.05, 4.69) is 0 Å². The molecule has 0 amide bonds. The second-order valence-electron chi connectivity index (χ2n) is 6.53. The molecule has 0 aromatic carbocycles. The van der Waals surface area contributed by atoms with Gasteiger partial charge in [0.2, 0.25) is 0 Å². The zero-order chi connectivity index (χ0) is 14.0. The molecule has 0 aromatic rings. The van der Waals surface area contributed by atoms with Crippen LogP contribution in [0.1, 0.15) is 25.7 Å². The molecule has 7 atom stereocenters. The number of carbonyl (C=O) groups is 2. The fourth-order valence-electron chi connectivity index (χ4n) is 4.63. The van der Waals surface area contributed by atoms with Crippen molar-refractivity contribution in [3.05, 3.63) is 0 Å². The van der Waals surface area contributed by atoms with Gasteiger partial charge in [0.25, 0.3) is 6.29 Å². The second kappa shape index (κ2) is 4.04. The third-order valence-electron chi connectivity index (χ3n) is 5.65. The Morgan fingerprint density at radius 1 is 0.950 bits per heavy atom. The van der Waals surface area contributed by atoms with Crippen LogP contribution in [0, 0.1) is 35.5 Å². The van der Waals surface area contributed by atoms with E-state index in [9.17, 15) is 19.5 Å². The molecule has 2 saturated carbocycles. The van der Waals surface area contributed by atoms with Gasteiger partial charge in [-0.15, -0.1) is 0 Å². The number of cyclic esters (lactones) is 3. The third kappa shape index (κ3) is 1.57. The SMILES string of the molecule is O=C1OC(=O)C2CC3CC4C(O)OC(=[OH+])C4CC3CC12. The number of carbonyl (C=O) groups excluding carboxylic acids is 3. The van der Waals surface area contributed by atoms with E-state index in [1.54, 1.807) is 0 Å². The molecule has 0 bridgehead atoms. The number of esters is 3. The lowest BCUT2D eigenvalue weighted by atomic mass is 9.59. The maximum atomic E-state index is 11.7. The summed E-state index contributed by atoms with van der Waals surface area (Å²) in [6.07, 6.45) is 1.79. The Kier molecular flexibility index (Phi) is 2.49. The minimum atomic E-state index is -0.948. The molecule has 20 heavy (non-hydrogen) atoms. The van der Waals surface area contributed by atoms with Gasteiger partial charge in [0.15, 0.2) is 0 Å². The first kappa shape index (κ1) is 12.3. The van der Waals surface area contributed by atoms with Crippen LogP contribution in [0.5, 0.6) is 0 Å². The quantitative estimate of drug-likeness (QED) is 0.389. The molecule has 6 heteroatoms. The summed E-state index contributed by atoms with van der Waals surface area (Å²) < 4.78 is 9.76. The van der Waals surface area contributed by atoms with Crippen molar-refractivity contribution in [2.75, 3.05) is 0 Å². The van der Waals surface area contributed by atoms with Crippen LogP contribution in [-0.4, -0.2) is 34.1 Å². The smallest absolute Gasteiger partial charge is 0.393 e. The van der Waals surface area contributed by atoms with Gasteiger partial charge in [-0.05, 0) is 37.5 Å². The van der Waals surface area contributed by atoms with Gasteiger partial charge < -0.3 is 14.6 Å². The first-order chi connectivity index (χ1) is 9.54. The molecule has 6 nitrogen and oxygen atoms in total. The average molecular weight is 281 g/mol. The Morgan fingerprint density at radius 2 is 1.50 bits per heavy atom. The van der Waals surface area contributed by atoms with E-state index in [0.717, 1.165) is 6.42 Å². The Hall–Kier alpha value is -1.43. The zero-order valence-corrected chi connectivity index (χ0v) is 10.9. The summed E-state index contributed by atoms with van der Waals surface area (Å²) in [5, 5.41) is 9.82. The van der Waals surface area contributed by atoms with Gasteiger partial charge in [-0.1, -0.05) is 0 Å². The fraction of sp³-hybridized carbons (Fsp3) is 0.786. The Labute approximate surface area is 115 Å². The van der Waals surface area contributed by atoms with Gasteiger partial charge >= 0.3 is 17.9 Å². The molecule has 4 aliphatic rings. The molecule has 108 valence electrons. The Balaban J connectivity index is 1.57. The van der Waals surface area contributed by atoms with Crippen LogP contribution in [0.15, 0.2) is 0 Å². The van der Waals surface area contributed by atoms with Gasteiger partial charge in [0.05, 0.1) is 17.8 Å². The lowest BCUT2D eigenvalue weighted by Crippen LogP contribution is -2.41. The molecule has 2 N–H and O–H groups in total. The lowest BCUT2D eigenvalue weighted by Gasteiger charge is -2.41. The summed E-state index contributed by atoms with van der Waals surface area (Å²) in [4.78, 5) is 33.1. The van der Waals surface area contributed by atoms with Gasteiger partial charge in [-0.3, -0.25) is 14.3 Å². The predicted molar refractivity (Wildman–Crippen MR) is 64.5 cm³/mol. The minimum absolute atomic E-state index is 0.0758. The monoisotopic (exact) mass is 281 g/mol. The topological polar surface area (TPSA) is 94.2 Å². The molecule has 4 fully saturated rings. The van der Waals surface area contributed by atoms with Crippen molar-refractivity contribution >= 4 is 17.9 Å². The lowest BCUT2D eigenvalue weighted by molar-refractivity contribution is -0.153. The molecule has 2 aliphatic carbocycles. The van der Waals surface area contributed by atoms with E-state index < -0.39 is 18.2 Å². The van der Waals surface area contributed by atoms with Crippen molar-refractivity contribution in [2.45, 2.75) is 32.0 Å². The van der Waals surface area contributed by atoms with Crippen molar-refractivity contribution in [3.8, 4) is 0 Å². The normalized spacial score (nSPS) is 50.0. The van der Waals surface area contributed by atoms with Gasteiger partial charge in [0, 0.05) is 0 Å². The first-order valence-corrected chi connectivity index (χ1v) is 7.20. The van der Waals surface area contributed by atoms with Crippen LogP contribution in [0.4, 0.5) is 0 Å². The highest BCUT2D eigenvalue weighted by atomic mass is 16.6. The molecule has 2 saturated heterocycles. The number of fused-ring (bicyclic) bond motifs is 3. The number of hydrogen-bond donors (Lipinski definition) is 1. The Morgan fingerprint density at radius 3 is 2.15 bits per heavy atom. The van der Waals surface area contributed by atoms with Gasteiger partial charge in [-0.2, -0.15) is 0 Å². The van der Waals surface area contributed by atoms with E-state index in [4.69, 9.17) is 9.47 Å². The molecular weight excluding hydrogens is 264 g/mol. The molecule has 2 aliphatic heterocycles. The summed E-state index contributed by atoms with van der Waals surface area (Å²) in [6, 6.07) is 0. The van der Waals surface area contributed by atoms with Crippen LogP contribution in [0.3, 0.4) is 0 Å². The van der Waals surface area contributed by atoms with E-state index in [0.29, 0.717) is 25.2 Å². The minimum Gasteiger partial charge on any atom is -0.393 e. The predicted octanol–water partition coefficient (Wildman–Crippen LogP) is 0.206.